The van der Waals surface area contributed by atoms with E-state index in [1.165, 1.54) is 20.2 Å². The second-order valence-electron chi connectivity index (χ2n) is 27.3. The zero-order chi connectivity index (χ0) is 77.7. The maximum atomic E-state index is 8.56. The number of hydrogen-bond donors (Lipinski definition) is 2. The third-order valence-corrected chi connectivity index (χ3v) is 20.3. The Bertz CT molecular complexity index is 6850. The Balaban J connectivity index is 0.000000149. The van der Waals surface area contributed by atoms with Crippen molar-refractivity contribution in [2.24, 2.45) is 0 Å². The average Bonchev–Trinajstić information content (AvgIpc) is 1.74. The standard InChI is InChI=1S/C19H15N2O.2C18H13N2O.C18H13N2S.C17H11N2O.C5H12O2.4Ir.Pt/c1-11-12(2)21-18(13(3)20-11)16-9-6-8-15-14-7-4-5-10-17(14)22-19(15)16;1-11-10-19-17(12(2)20-11)15-8-5-7-14-13-6-3-4-9-16(13)21-18(14)15;1-2-15-17(20-11-10-19-15)14-8-5-7-13-12-6-3-4-9-16(12)21-18(13)14;1-11-10-19-18(12(2)20-11)13-7-8-17-15(9-13)14-5-3-4-6-16(14)21-17;1-11-16(19-10-9-18-11)14-7-4-6-13-12-5-2-3-8-15(12)20-17(13)14;1-4(6)3-5(2)7;;;;;/h4-8,10H,1-3H3;3-7,9-10H,1-2H3;3-7,9-11H,2H2,1H3;3-6,8-10H,1-2H3;2-6,8-10H,1H3;4-7H,3H2,1-2H3;;;;;/q5*-1;;;;;;. The van der Waals surface area contributed by atoms with E-state index in [-0.39, 0.29) is 114 Å². The van der Waals surface area contributed by atoms with Crippen LogP contribution in [0.2, 0.25) is 0 Å². The largest absolute Gasteiger partial charge is 0.501 e. The quantitative estimate of drug-likeness (QED) is 0.135. The van der Waals surface area contributed by atoms with Gasteiger partial charge >= 0.3 is 0 Å². The second-order valence-corrected chi connectivity index (χ2v) is 28.4. The Labute approximate surface area is 749 Å². The van der Waals surface area contributed by atoms with Gasteiger partial charge in [0.2, 0.25) is 0 Å². The Kier molecular flexibility index (Phi) is 30.7. The number of furan rings is 4. The van der Waals surface area contributed by atoms with Gasteiger partial charge in [-0.2, -0.15) is 11.3 Å². The van der Waals surface area contributed by atoms with Gasteiger partial charge in [-0.25, -0.2) is 0 Å². The molecule has 10 aromatic heterocycles. The molecule has 0 bridgehead atoms. The van der Waals surface area contributed by atoms with E-state index in [0.717, 1.165) is 202 Å². The molecular weight excluding hydrogens is 2370 g/mol. The molecule has 0 saturated heterocycles. The minimum atomic E-state index is -0.375. The maximum Gasteiger partial charge on any atom is 0.120 e. The van der Waals surface area contributed by atoms with Crippen molar-refractivity contribution in [3.63, 3.8) is 0 Å². The van der Waals surface area contributed by atoms with Crippen LogP contribution in [0.15, 0.2) is 237 Å². The minimum absolute atomic E-state index is 0. The van der Waals surface area contributed by atoms with E-state index >= 15 is 0 Å². The summed E-state index contributed by atoms with van der Waals surface area (Å²) in [6.45, 7) is 21.1. The summed E-state index contributed by atoms with van der Waals surface area (Å²) < 4.78 is 26.7. The molecule has 0 aliphatic heterocycles. The Morgan fingerprint density at radius 3 is 1.15 bits per heavy atom. The van der Waals surface area contributed by atoms with Crippen molar-refractivity contribution < 1.29 is 129 Å². The van der Waals surface area contributed by atoms with Crippen LogP contribution in [0, 0.1) is 85.7 Å². The normalized spacial score (nSPS) is 11.3. The number of fused-ring (bicyclic) bond motifs is 15. The van der Waals surface area contributed by atoms with Crippen molar-refractivity contribution in [2.75, 3.05) is 0 Å². The smallest absolute Gasteiger partial charge is 0.120 e. The molecule has 117 heavy (non-hydrogen) atoms. The van der Waals surface area contributed by atoms with Gasteiger partial charge in [0.25, 0.3) is 0 Å². The van der Waals surface area contributed by atoms with Gasteiger partial charge in [0.1, 0.15) is 22.3 Å². The van der Waals surface area contributed by atoms with Gasteiger partial charge in [-0.1, -0.05) is 147 Å². The molecule has 0 aliphatic carbocycles. The summed E-state index contributed by atoms with van der Waals surface area (Å²) in [7, 11) is 0. The van der Waals surface area contributed by atoms with E-state index in [1.807, 2.05) is 183 Å². The van der Waals surface area contributed by atoms with Gasteiger partial charge in [-0.05, 0) is 122 Å². The molecular formula is C95H77Ir4N10O6PtS-5. The molecule has 0 spiro atoms. The summed E-state index contributed by atoms with van der Waals surface area (Å²) in [6.07, 6.45) is 11.0. The number of thiophene rings is 1. The van der Waals surface area contributed by atoms with Gasteiger partial charge < -0.3 is 47.8 Å². The first kappa shape index (κ1) is 89.6. The molecule has 0 amide bonds. The van der Waals surface area contributed by atoms with Crippen LogP contribution in [-0.4, -0.2) is 72.3 Å². The van der Waals surface area contributed by atoms with Crippen LogP contribution in [0.25, 0.3) is 164 Å². The van der Waals surface area contributed by atoms with Crippen molar-refractivity contribution in [2.45, 2.75) is 101 Å². The molecule has 0 fully saturated rings. The third kappa shape index (κ3) is 19.3. The zero-order valence-electron chi connectivity index (χ0n) is 65.4. The van der Waals surface area contributed by atoms with Crippen molar-refractivity contribution >= 4 is 119 Å². The van der Waals surface area contributed by atoms with Crippen LogP contribution in [0.5, 0.6) is 0 Å². The number of para-hydroxylation sites is 4. The number of aliphatic hydroxyl groups is 2. The van der Waals surface area contributed by atoms with E-state index in [4.69, 9.17) is 32.9 Å². The molecule has 600 valence electrons. The molecule has 2 atom stereocenters. The van der Waals surface area contributed by atoms with Gasteiger partial charge in [0.15, 0.2) is 0 Å². The number of aryl methyl sites for hydroxylation is 9. The second kappa shape index (κ2) is 40.1. The van der Waals surface area contributed by atoms with Crippen LogP contribution in [0.4, 0.5) is 0 Å². The third-order valence-electron chi connectivity index (χ3n) is 19.2. The molecule has 4 radical (unpaired) electrons. The van der Waals surface area contributed by atoms with Crippen LogP contribution in [0.1, 0.15) is 78.4 Å². The van der Waals surface area contributed by atoms with Crippen LogP contribution < -0.4 is 0 Å². The molecule has 10 aromatic carbocycles. The van der Waals surface area contributed by atoms with Crippen molar-refractivity contribution in [1.29, 1.82) is 0 Å². The molecule has 22 heteroatoms. The molecule has 0 aliphatic rings. The number of nitrogens with zero attached hydrogens (tertiary/aromatic N) is 10. The van der Waals surface area contributed by atoms with Crippen molar-refractivity contribution in [1.82, 2.24) is 49.8 Å². The van der Waals surface area contributed by atoms with Gasteiger partial charge in [-0.3, -0.25) is 29.9 Å². The van der Waals surface area contributed by atoms with Gasteiger partial charge in [0.05, 0.1) is 51.6 Å². The molecule has 0 saturated carbocycles. The summed E-state index contributed by atoms with van der Waals surface area (Å²) in [4.78, 5) is 44.9. The predicted octanol–water partition coefficient (Wildman–Crippen LogP) is 22.8. The average molecular weight is 2450 g/mol. The molecule has 2 N–H and O–H groups in total. The Morgan fingerprint density at radius 2 is 0.718 bits per heavy atom. The van der Waals surface area contributed by atoms with Crippen LogP contribution >= 0.6 is 11.3 Å². The van der Waals surface area contributed by atoms with Gasteiger partial charge in [0, 0.05) is 228 Å². The van der Waals surface area contributed by atoms with E-state index < -0.39 is 0 Å². The van der Waals surface area contributed by atoms with Gasteiger partial charge in [-0.15, -0.1) is 96.6 Å². The fourth-order valence-electron chi connectivity index (χ4n) is 13.9. The molecule has 20 aromatic rings. The first-order valence-corrected chi connectivity index (χ1v) is 37.8. The summed E-state index contributed by atoms with van der Waals surface area (Å²) in [6, 6.07) is 77.1. The number of benzene rings is 10. The molecule has 20 rings (SSSR count). The number of aromatic nitrogens is 10. The molecule has 10 heterocycles. The SMILES string of the molecule is CC(O)CC(C)O.CCc1nccnc1-c1[c-]ccc2c1oc1ccccc12.Cc1cnc(-c2[c-]cc3sc4ccccc4c3c2)c(C)n1.Cc1cnc(-c2[c-]ccc3c2oc2ccccc23)c(C)n1.Cc1nc(C)c(-c2[c-]ccc3c2oc2ccccc23)nc1C.Cc1nccnc1-c1[c-]ccc2c1oc1ccccc12.[Ir].[Ir].[Ir].[Ir].[Pt]. The summed E-state index contributed by atoms with van der Waals surface area (Å²) in [5.41, 5.74) is 23.9. The van der Waals surface area contributed by atoms with E-state index in [0.29, 0.717) is 6.42 Å². The topological polar surface area (TPSA) is 222 Å². The summed E-state index contributed by atoms with van der Waals surface area (Å²) >= 11 is 1.80. The van der Waals surface area contributed by atoms with Crippen LogP contribution in [-0.2, 0) is 108 Å². The van der Waals surface area contributed by atoms with Crippen molar-refractivity contribution in [3.8, 4) is 56.3 Å². The first-order chi connectivity index (χ1) is 54.5. The first-order valence-electron chi connectivity index (χ1n) is 36.9. The number of rotatable bonds is 8. The predicted molar refractivity (Wildman–Crippen MR) is 449 cm³/mol. The van der Waals surface area contributed by atoms with Crippen molar-refractivity contribution in [3.05, 3.63) is 301 Å². The maximum absolute atomic E-state index is 8.56. The van der Waals surface area contributed by atoms with E-state index in [1.54, 1.807) is 56.2 Å². The van der Waals surface area contributed by atoms with Crippen LogP contribution in [0.3, 0.4) is 0 Å². The number of hydrogen-bond acceptors (Lipinski definition) is 17. The van der Waals surface area contributed by atoms with E-state index in [2.05, 4.69) is 143 Å². The molecule has 2 unspecified atom stereocenters. The summed E-state index contributed by atoms with van der Waals surface area (Å²) in [5.74, 6) is 0. The fourth-order valence-corrected chi connectivity index (χ4v) is 15.0. The fraction of sp³-hybridized carbons (Fsp3) is 0.158. The zero-order valence-corrected chi connectivity index (χ0v) is 78.1. The molecule has 16 nitrogen and oxygen atoms in total. The monoisotopic (exact) mass is 2450 g/mol. The van der Waals surface area contributed by atoms with E-state index in [9.17, 15) is 0 Å². The Morgan fingerprint density at radius 1 is 0.350 bits per heavy atom. The number of aliphatic hydroxyl groups excluding tert-OH is 2. The minimum Gasteiger partial charge on any atom is -0.501 e. The summed E-state index contributed by atoms with van der Waals surface area (Å²) in [5, 5.41) is 28.5. The Hall–Kier alpha value is -9.77.